The molecule has 0 radical (unpaired) electrons. The van der Waals surface area contributed by atoms with Gasteiger partial charge in [0.25, 0.3) is 0 Å². The second-order valence-electron chi connectivity index (χ2n) is 6.71. The number of unbranched alkanes of at least 4 members (excludes halogenated alkanes) is 2. The highest BCUT2D eigenvalue weighted by Crippen LogP contribution is 2.25. The third kappa shape index (κ3) is 5.40. The van der Waals surface area contributed by atoms with Crippen LogP contribution in [0.1, 0.15) is 42.9 Å². The Bertz CT molecular complexity index is 853. The standard InChI is InChI=1S/C19H27N3O4S/c1-5-6-7-9-22(13-18(23)20-17-8-10-26-21-17)27(24,25)19-15(3)11-14(2)12-16(19)4/h8,10-12H,5-7,9,13H2,1-4H3,(H,20,21,23). The lowest BCUT2D eigenvalue weighted by molar-refractivity contribution is -0.116. The normalized spacial score (nSPS) is 11.7. The van der Waals surface area contributed by atoms with Gasteiger partial charge in [0.1, 0.15) is 6.26 Å². The summed E-state index contributed by atoms with van der Waals surface area (Å²) in [6.07, 6.45) is 3.88. The molecule has 2 rings (SSSR count). The number of aromatic nitrogens is 1. The van der Waals surface area contributed by atoms with E-state index >= 15 is 0 Å². The number of rotatable bonds is 9. The molecule has 0 saturated heterocycles. The van der Waals surface area contributed by atoms with Crippen LogP contribution in [0.15, 0.2) is 33.9 Å². The first-order valence-electron chi connectivity index (χ1n) is 9.04. The smallest absolute Gasteiger partial charge is 0.244 e. The summed E-state index contributed by atoms with van der Waals surface area (Å²) in [7, 11) is -3.80. The van der Waals surface area contributed by atoms with Gasteiger partial charge >= 0.3 is 0 Å². The average molecular weight is 394 g/mol. The molecule has 0 bridgehead atoms. The summed E-state index contributed by atoms with van der Waals surface area (Å²) in [6, 6.07) is 5.20. The summed E-state index contributed by atoms with van der Waals surface area (Å²) in [4.78, 5) is 12.6. The molecule has 1 heterocycles. The molecule has 0 unspecified atom stereocenters. The Labute approximate surface area is 160 Å². The highest BCUT2D eigenvalue weighted by Gasteiger charge is 2.29. The summed E-state index contributed by atoms with van der Waals surface area (Å²) in [5.41, 5.74) is 2.38. The number of anilines is 1. The van der Waals surface area contributed by atoms with Gasteiger partial charge in [0.15, 0.2) is 5.82 Å². The first-order valence-corrected chi connectivity index (χ1v) is 10.5. The number of carbonyl (C=O) groups excluding carboxylic acids is 1. The van der Waals surface area contributed by atoms with Crippen LogP contribution in [0.5, 0.6) is 0 Å². The molecule has 0 aliphatic heterocycles. The molecule has 1 amide bonds. The van der Waals surface area contributed by atoms with Crippen molar-refractivity contribution in [3.8, 4) is 0 Å². The largest absolute Gasteiger partial charge is 0.363 e. The molecule has 0 spiro atoms. The molecule has 0 aliphatic carbocycles. The number of hydrogen-bond donors (Lipinski definition) is 1. The molecule has 0 saturated carbocycles. The molecule has 148 valence electrons. The van der Waals surface area contributed by atoms with E-state index < -0.39 is 15.9 Å². The van der Waals surface area contributed by atoms with Gasteiger partial charge < -0.3 is 9.84 Å². The molecule has 27 heavy (non-hydrogen) atoms. The summed E-state index contributed by atoms with van der Waals surface area (Å²) in [6.45, 7) is 7.56. The van der Waals surface area contributed by atoms with Crippen LogP contribution in [0.3, 0.4) is 0 Å². The fourth-order valence-electron chi connectivity index (χ4n) is 3.14. The lowest BCUT2D eigenvalue weighted by Crippen LogP contribution is -2.39. The molecule has 0 atom stereocenters. The van der Waals surface area contributed by atoms with Crippen LogP contribution in [-0.4, -0.2) is 36.9 Å². The topological polar surface area (TPSA) is 92.5 Å². The first-order chi connectivity index (χ1) is 12.8. The summed E-state index contributed by atoms with van der Waals surface area (Å²) >= 11 is 0. The molecule has 2 aromatic rings. The molecule has 1 aromatic carbocycles. The number of nitrogens with zero attached hydrogens (tertiary/aromatic N) is 2. The lowest BCUT2D eigenvalue weighted by Gasteiger charge is -2.24. The fraction of sp³-hybridized carbons (Fsp3) is 0.474. The van der Waals surface area contributed by atoms with Gasteiger partial charge in [0, 0.05) is 12.6 Å². The van der Waals surface area contributed by atoms with Crippen molar-refractivity contribution in [1.82, 2.24) is 9.46 Å². The third-order valence-electron chi connectivity index (χ3n) is 4.24. The fourth-order valence-corrected chi connectivity index (χ4v) is 4.99. The van der Waals surface area contributed by atoms with Crippen LogP contribution >= 0.6 is 0 Å². The van der Waals surface area contributed by atoms with Gasteiger partial charge in [0.2, 0.25) is 15.9 Å². The SMILES string of the molecule is CCCCCN(CC(=O)Nc1ccon1)S(=O)(=O)c1c(C)cc(C)cc1C. The zero-order valence-electron chi connectivity index (χ0n) is 16.3. The number of sulfonamides is 1. The maximum atomic E-state index is 13.3. The van der Waals surface area contributed by atoms with Gasteiger partial charge in [-0.05, 0) is 38.3 Å². The second-order valence-corrected chi connectivity index (χ2v) is 8.58. The van der Waals surface area contributed by atoms with E-state index in [1.807, 2.05) is 26.0 Å². The minimum atomic E-state index is -3.80. The summed E-state index contributed by atoms with van der Waals surface area (Å²) in [5.74, 6) is -0.194. The first kappa shape index (κ1) is 21.1. The predicted octanol–water partition coefficient (Wildman–Crippen LogP) is 3.42. The molecule has 0 fully saturated rings. The average Bonchev–Trinajstić information content (AvgIpc) is 3.05. The molecule has 8 heteroatoms. The van der Waals surface area contributed by atoms with Gasteiger partial charge in [-0.1, -0.05) is 42.6 Å². The number of hydrogen-bond acceptors (Lipinski definition) is 5. The molecule has 1 aromatic heterocycles. The highest BCUT2D eigenvalue weighted by molar-refractivity contribution is 7.89. The van der Waals surface area contributed by atoms with Crippen LogP contribution in [0.25, 0.3) is 0 Å². The Kier molecular flexibility index (Phi) is 7.15. The number of nitrogens with one attached hydrogen (secondary N) is 1. The van der Waals surface area contributed by atoms with E-state index in [4.69, 9.17) is 0 Å². The zero-order chi connectivity index (χ0) is 20.0. The minimum Gasteiger partial charge on any atom is -0.363 e. The minimum absolute atomic E-state index is 0.258. The summed E-state index contributed by atoms with van der Waals surface area (Å²) in [5, 5.41) is 6.18. The lowest BCUT2D eigenvalue weighted by atomic mass is 10.1. The third-order valence-corrected chi connectivity index (χ3v) is 6.39. The van der Waals surface area contributed by atoms with E-state index in [-0.39, 0.29) is 23.8 Å². The maximum absolute atomic E-state index is 13.3. The molecule has 7 nitrogen and oxygen atoms in total. The van der Waals surface area contributed by atoms with Gasteiger partial charge in [-0.15, -0.1) is 0 Å². The Morgan fingerprint density at radius 2 is 1.85 bits per heavy atom. The van der Waals surface area contributed by atoms with Crippen LogP contribution in [0.2, 0.25) is 0 Å². The summed E-state index contributed by atoms with van der Waals surface area (Å²) < 4.78 is 32.6. The Balaban J connectivity index is 2.30. The van der Waals surface area contributed by atoms with Gasteiger partial charge in [-0.3, -0.25) is 4.79 Å². The maximum Gasteiger partial charge on any atom is 0.244 e. The van der Waals surface area contributed by atoms with Crippen LogP contribution < -0.4 is 5.32 Å². The van der Waals surface area contributed by atoms with Crippen LogP contribution in [0.4, 0.5) is 5.82 Å². The van der Waals surface area contributed by atoms with Crippen molar-refractivity contribution in [3.63, 3.8) is 0 Å². The molecule has 0 aliphatic rings. The second kappa shape index (κ2) is 9.14. The van der Waals surface area contributed by atoms with Crippen LogP contribution in [-0.2, 0) is 14.8 Å². The van der Waals surface area contributed by atoms with Crippen molar-refractivity contribution in [3.05, 3.63) is 41.2 Å². The van der Waals surface area contributed by atoms with E-state index in [2.05, 4.69) is 15.0 Å². The van der Waals surface area contributed by atoms with E-state index in [0.717, 1.165) is 18.4 Å². The van der Waals surface area contributed by atoms with E-state index in [0.29, 0.717) is 17.5 Å². The van der Waals surface area contributed by atoms with E-state index in [9.17, 15) is 13.2 Å². The van der Waals surface area contributed by atoms with Crippen LogP contribution in [0, 0.1) is 20.8 Å². The van der Waals surface area contributed by atoms with Crippen molar-refractivity contribution in [2.24, 2.45) is 0 Å². The van der Waals surface area contributed by atoms with Crippen molar-refractivity contribution < 1.29 is 17.7 Å². The Morgan fingerprint density at radius 3 is 2.41 bits per heavy atom. The monoisotopic (exact) mass is 393 g/mol. The quantitative estimate of drug-likeness (QED) is 0.659. The van der Waals surface area contributed by atoms with Gasteiger partial charge in [-0.2, -0.15) is 4.31 Å². The zero-order valence-corrected chi connectivity index (χ0v) is 17.1. The van der Waals surface area contributed by atoms with Crippen molar-refractivity contribution in [1.29, 1.82) is 0 Å². The molecule has 1 N–H and O–H groups in total. The Hall–Kier alpha value is -2.19. The molecular weight excluding hydrogens is 366 g/mol. The van der Waals surface area contributed by atoms with Gasteiger partial charge in [0.05, 0.1) is 11.4 Å². The Morgan fingerprint density at radius 1 is 1.19 bits per heavy atom. The number of amides is 1. The van der Waals surface area contributed by atoms with Crippen molar-refractivity contribution in [2.45, 2.75) is 51.9 Å². The van der Waals surface area contributed by atoms with E-state index in [1.165, 1.54) is 16.6 Å². The van der Waals surface area contributed by atoms with Crippen molar-refractivity contribution in [2.75, 3.05) is 18.4 Å². The molecular formula is C19H27N3O4S. The number of benzene rings is 1. The van der Waals surface area contributed by atoms with Gasteiger partial charge in [-0.25, -0.2) is 8.42 Å². The predicted molar refractivity (Wildman–Crippen MR) is 104 cm³/mol. The van der Waals surface area contributed by atoms with E-state index in [1.54, 1.807) is 13.8 Å². The van der Waals surface area contributed by atoms with Crippen molar-refractivity contribution >= 4 is 21.7 Å². The highest BCUT2D eigenvalue weighted by atomic mass is 32.2. The number of carbonyl (C=O) groups is 1. The number of aryl methyl sites for hydroxylation is 3.